The van der Waals surface area contributed by atoms with Crippen molar-refractivity contribution in [1.29, 1.82) is 0 Å². The quantitative estimate of drug-likeness (QED) is 0.674. The maximum atomic E-state index is 11.2. The van der Waals surface area contributed by atoms with Gasteiger partial charge in [-0.15, -0.1) is 0 Å². The predicted molar refractivity (Wildman–Crippen MR) is 49.1 cm³/mol. The van der Waals surface area contributed by atoms with Crippen LogP contribution in [-0.2, 0) is 9.53 Å². The summed E-state index contributed by atoms with van der Waals surface area (Å²) in [4.78, 5) is 11.2. The van der Waals surface area contributed by atoms with Crippen molar-refractivity contribution in [3.63, 3.8) is 0 Å². The Bertz CT molecular complexity index is 179. The second kappa shape index (κ2) is 4.72. The summed E-state index contributed by atoms with van der Waals surface area (Å²) in [5, 5.41) is 9.59. The average molecular weight is 186 g/mol. The molecule has 1 rings (SSSR count). The Morgan fingerprint density at radius 3 is 2.77 bits per heavy atom. The van der Waals surface area contributed by atoms with Crippen LogP contribution in [0.3, 0.4) is 0 Å². The fourth-order valence-electron chi connectivity index (χ4n) is 2.03. The van der Waals surface area contributed by atoms with Crippen molar-refractivity contribution in [1.82, 2.24) is 0 Å². The van der Waals surface area contributed by atoms with E-state index in [1.54, 1.807) is 0 Å². The highest BCUT2D eigenvalue weighted by Gasteiger charge is 2.36. The molecule has 0 aromatic heterocycles. The van der Waals surface area contributed by atoms with Crippen LogP contribution in [0.2, 0.25) is 0 Å². The smallest absolute Gasteiger partial charge is 0.158 e. The maximum absolute atomic E-state index is 11.2. The van der Waals surface area contributed by atoms with Crippen LogP contribution in [0.1, 0.15) is 33.1 Å². The molecule has 3 nitrogen and oxygen atoms in total. The van der Waals surface area contributed by atoms with E-state index in [0.717, 1.165) is 6.42 Å². The number of carbonyl (C=O) groups is 1. The summed E-state index contributed by atoms with van der Waals surface area (Å²) in [6.07, 6.45) is 1.30. The van der Waals surface area contributed by atoms with Crippen molar-refractivity contribution < 1.29 is 14.6 Å². The van der Waals surface area contributed by atoms with Crippen LogP contribution in [0.15, 0.2) is 0 Å². The van der Waals surface area contributed by atoms with Crippen molar-refractivity contribution in [2.45, 2.75) is 39.4 Å². The number of rotatable bonds is 4. The third kappa shape index (κ3) is 2.51. The summed E-state index contributed by atoms with van der Waals surface area (Å²) in [6, 6.07) is 0. The summed E-state index contributed by atoms with van der Waals surface area (Å²) >= 11 is 0. The fourth-order valence-corrected chi connectivity index (χ4v) is 2.03. The van der Waals surface area contributed by atoms with Crippen molar-refractivity contribution in [3.05, 3.63) is 0 Å². The number of hydrogen-bond donors (Lipinski definition) is 1. The molecule has 3 heteroatoms. The second-order valence-corrected chi connectivity index (χ2v) is 3.63. The van der Waals surface area contributed by atoms with Crippen LogP contribution in [0.4, 0.5) is 0 Å². The van der Waals surface area contributed by atoms with Crippen molar-refractivity contribution in [3.8, 4) is 0 Å². The molecule has 13 heavy (non-hydrogen) atoms. The minimum Gasteiger partial charge on any atom is -0.368 e. The summed E-state index contributed by atoms with van der Waals surface area (Å²) in [5.41, 5.74) is 0. The van der Waals surface area contributed by atoms with E-state index in [0.29, 0.717) is 25.4 Å². The molecule has 3 unspecified atom stereocenters. The molecular formula is C10H18O3. The van der Waals surface area contributed by atoms with E-state index in [-0.39, 0.29) is 11.7 Å². The number of ketones is 1. The molecule has 1 saturated carbocycles. The average Bonchev–Trinajstić information content (AvgIpc) is 2.47. The van der Waals surface area contributed by atoms with Gasteiger partial charge < -0.3 is 9.84 Å². The number of hydrogen-bond acceptors (Lipinski definition) is 3. The third-order valence-electron chi connectivity index (χ3n) is 2.79. The first kappa shape index (κ1) is 10.7. The number of Topliss-reactive ketones (excluding diaryl/α,β-unsaturated/α-hetero) is 1. The van der Waals surface area contributed by atoms with Gasteiger partial charge in [-0.2, -0.15) is 0 Å². The van der Waals surface area contributed by atoms with Gasteiger partial charge in [-0.05, 0) is 12.8 Å². The standard InChI is InChI=1S/C10H18O3/c1-3-7-5-8(11)6-9(7)10(12)13-4-2/h7,9-10,12H,3-6H2,1-2H3. The number of aliphatic hydroxyl groups excluding tert-OH is 1. The zero-order valence-corrected chi connectivity index (χ0v) is 8.32. The van der Waals surface area contributed by atoms with Gasteiger partial charge >= 0.3 is 0 Å². The van der Waals surface area contributed by atoms with Gasteiger partial charge in [-0.3, -0.25) is 4.79 Å². The van der Waals surface area contributed by atoms with Gasteiger partial charge in [0.2, 0.25) is 0 Å². The van der Waals surface area contributed by atoms with Gasteiger partial charge in [0.05, 0.1) is 0 Å². The van der Waals surface area contributed by atoms with Crippen LogP contribution >= 0.6 is 0 Å². The number of ether oxygens (including phenoxy) is 1. The normalized spacial score (nSPS) is 30.8. The van der Waals surface area contributed by atoms with Crippen LogP contribution in [0.25, 0.3) is 0 Å². The minimum atomic E-state index is -0.749. The summed E-state index contributed by atoms with van der Waals surface area (Å²) < 4.78 is 5.11. The molecule has 1 N–H and O–H groups in total. The van der Waals surface area contributed by atoms with Crippen LogP contribution in [-0.4, -0.2) is 23.8 Å². The summed E-state index contributed by atoms with van der Waals surface area (Å²) in [5.74, 6) is 0.599. The Kier molecular flexibility index (Phi) is 3.88. The lowest BCUT2D eigenvalue weighted by Crippen LogP contribution is -2.26. The van der Waals surface area contributed by atoms with Crippen molar-refractivity contribution >= 4 is 5.78 Å². The fraction of sp³-hybridized carbons (Fsp3) is 0.900. The van der Waals surface area contributed by atoms with Gasteiger partial charge in [0.1, 0.15) is 5.78 Å². The molecule has 0 aliphatic heterocycles. The Balaban J connectivity index is 2.51. The lowest BCUT2D eigenvalue weighted by atomic mass is 9.93. The number of carbonyl (C=O) groups excluding carboxylic acids is 1. The predicted octanol–water partition coefficient (Wildman–Crippen LogP) is 1.35. The van der Waals surface area contributed by atoms with Gasteiger partial charge in [-0.1, -0.05) is 13.3 Å². The molecule has 0 bridgehead atoms. The molecule has 3 atom stereocenters. The van der Waals surface area contributed by atoms with E-state index in [4.69, 9.17) is 4.74 Å². The lowest BCUT2D eigenvalue weighted by Gasteiger charge is -2.22. The van der Waals surface area contributed by atoms with E-state index in [1.807, 2.05) is 6.92 Å². The van der Waals surface area contributed by atoms with E-state index in [2.05, 4.69) is 6.92 Å². The molecule has 0 heterocycles. The summed E-state index contributed by atoms with van der Waals surface area (Å²) in [6.45, 7) is 4.40. The second-order valence-electron chi connectivity index (χ2n) is 3.63. The first-order chi connectivity index (χ1) is 6.19. The highest BCUT2D eigenvalue weighted by molar-refractivity contribution is 5.81. The molecule has 1 fully saturated rings. The van der Waals surface area contributed by atoms with E-state index >= 15 is 0 Å². The van der Waals surface area contributed by atoms with Crippen molar-refractivity contribution in [2.75, 3.05) is 6.61 Å². The molecule has 1 aliphatic carbocycles. The van der Waals surface area contributed by atoms with Gasteiger partial charge in [0.25, 0.3) is 0 Å². The lowest BCUT2D eigenvalue weighted by molar-refractivity contribution is -0.140. The molecule has 0 aromatic rings. The largest absolute Gasteiger partial charge is 0.368 e. The zero-order chi connectivity index (χ0) is 9.84. The number of aliphatic hydroxyl groups is 1. The summed E-state index contributed by atoms with van der Waals surface area (Å²) in [7, 11) is 0. The van der Waals surface area contributed by atoms with Crippen LogP contribution < -0.4 is 0 Å². The van der Waals surface area contributed by atoms with Gasteiger partial charge in [-0.25, -0.2) is 0 Å². The van der Waals surface area contributed by atoms with Gasteiger partial charge in [0, 0.05) is 25.4 Å². The zero-order valence-electron chi connectivity index (χ0n) is 8.32. The molecule has 0 saturated heterocycles. The SMILES string of the molecule is CCOC(O)C1CC(=O)CC1CC. The van der Waals surface area contributed by atoms with E-state index in [9.17, 15) is 9.90 Å². The molecule has 0 spiro atoms. The Morgan fingerprint density at radius 2 is 2.23 bits per heavy atom. The molecule has 0 aromatic carbocycles. The van der Waals surface area contributed by atoms with Gasteiger partial charge in [0.15, 0.2) is 6.29 Å². The monoisotopic (exact) mass is 186 g/mol. The first-order valence-electron chi connectivity index (χ1n) is 5.00. The molecule has 1 aliphatic rings. The molecule has 76 valence electrons. The Labute approximate surface area is 79.1 Å². The minimum absolute atomic E-state index is 0.0254. The van der Waals surface area contributed by atoms with Crippen molar-refractivity contribution in [2.24, 2.45) is 11.8 Å². The molecule has 0 radical (unpaired) electrons. The van der Waals surface area contributed by atoms with E-state index in [1.165, 1.54) is 0 Å². The Morgan fingerprint density at radius 1 is 1.54 bits per heavy atom. The van der Waals surface area contributed by atoms with Crippen LogP contribution in [0.5, 0.6) is 0 Å². The van der Waals surface area contributed by atoms with E-state index < -0.39 is 6.29 Å². The molecular weight excluding hydrogens is 168 g/mol. The highest BCUT2D eigenvalue weighted by atomic mass is 16.6. The molecule has 0 amide bonds. The third-order valence-corrected chi connectivity index (χ3v) is 2.79. The Hall–Kier alpha value is -0.410. The highest BCUT2D eigenvalue weighted by Crippen LogP contribution is 2.34. The topological polar surface area (TPSA) is 46.5 Å². The first-order valence-corrected chi connectivity index (χ1v) is 5.00. The van der Waals surface area contributed by atoms with Crippen LogP contribution in [0, 0.1) is 11.8 Å². The maximum Gasteiger partial charge on any atom is 0.158 e.